The predicted octanol–water partition coefficient (Wildman–Crippen LogP) is 3.06. The largest absolute Gasteiger partial charge is 0.336 e. The average Bonchev–Trinajstić information content (AvgIpc) is 3.55. The third-order valence-corrected chi connectivity index (χ3v) is 6.17. The molecule has 2 saturated carbocycles. The van der Waals surface area contributed by atoms with Crippen LogP contribution in [0.25, 0.3) is 0 Å². The highest BCUT2D eigenvalue weighted by atomic mass is 16.2. The molecule has 5 rings (SSSR count). The molecule has 1 aromatic carbocycles. The van der Waals surface area contributed by atoms with E-state index < -0.39 is 0 Å². The minimum atomic E-state index is 0.328. The minimum absolute atomic E-state index is 0.328. The van der Waals surface area contributed by atoms with Crippen molar-refractivity contribution >= 4 is 5.91 Å². The molecule has 0 spiro atoms. The van der Waals surface area contributed by atoms with E-state index >= 15 is 0 Å². The van der Waals surface area contributed by atoms with E-state index in [4.69, 9.17) is 0 Å². The lowest BCUT2D eigenvalue weighted by molar-refractivity contribution is -0.134. The van der Waals surface area contributed by atoms with E-state index in [1.807, 2.05) is 6.33 Å². The lowest BCUT2D eigenvalue weighted by atomic mass is 10.1. The van der Waals surface area contributed by atoms with Crippen LogP contribution in [0.5, 0.6) is 0 Å². The molecule has 3 aliphatic rings. The van der Waals surface area contributed by atoms with Gasteiger partial charge in [0.05, 0.1) is 18.6 Å². The van der Waals surface area contributed by atoms with Gasteiger partial charge in [-0.15, -0.1) is 0 Å². The SMILES string of the molecule is O=C([C@H]1C[C@@H]1C1CC1)N1CCc2c(ncn2CCc2ccccc2)C1. The van der Waals surface area contributed by atoms with E-state index in [0.717, 1.165) is 44.0 Å². The third kappa shape index (κ3) is 2.99. The number of hydrogen-bond acceptors (Lipinski definition) is 2. The minimum Gasteiger partial charge on any atom is -0.336 e. The van der Waals surface area contributed by atoms with Crippen LogP contribution < -0.4 is 0 Å². The molecular formula is C21H25N3O. The van der Waals surface area contributed by atoms with Gasteiger partial charge in [-0.25, -0.2) is 4.98 Å². The van der Waals surface area contributed by atoms with Crippen molar-refractivity contribution in [1.82, 2.24) is 14.5 Å². The van der Waals surface area contributed by atoms with E-state index in [1.165, 1.54) is 24.1 Å². The number of amides is 1. The van der Waals surface area contributed by atoms with Gasteiger partial charge in [-0.05, 0) is 43.1 Å². The number of aryl methyl sites for hydroxylation is 2. The van der Waals surface area contributed by atoms with Crippen molar-refractivity contribution in [3.05, 3.63) is 53.6 Å². The number of imidazole rings is 1. The van der Waals surface area contributed by atoms with E-state index in [9.17, 15) is 4.79 Å². The van der Waals surface area contributed by atoms with Gasteiger partial charge in [0.15, 0.2) is 0 Å². The smallest absolute Gasteiger partial charge is 0.226 e. The molecule has 4 heteroatoms. The summed E-state index contributed by atoms with van der Waals surface area (Å²) >= 11 is 0. The molecule has 130 valence electrons. The first-order valence-corrected chi connectivity index (χ1v) is 9.65. The molecule has 2 fully saturated rings. The summed E-state index contributed by atoms with van der Waals surface area (Å²) in [5, 5.41) is 0. The Balaban J connectivity index is 1.22. The van der Waals surface area contributed by atoms with E-state index in [2.05, 4.69) is 44.8 Å². The van der Waals surface area contributed by atoms with Crippen LogP contribution in [0, 0.1) is 17.8 Å². The first-order valence-electron chi connectivity index (χ1n) is 9.65. The molecule has 2 heterocycles. The standard InChI is InChI=1S/C21H25N3O/c25-21(18-12-17(18)16-6-7-16)23-11-9-20-19(13-23)22-14-24(20)10-8-15-4-2-1-3-5-15/h1-5,14,16-18H,6-13H2/t17-,18+/m1/s1. The van der Waals surface area contributed by atoms with E-state index in [0.29, 0.717) is 24.3 Å². The molecule has 2 atom stereocenters. The fourth-order valence-electron chi connectivity index (χ4n) is 4.42. The summed E-state index contributed by atoms with van der Waals surface area (Å²) in [5.74, 6) is 2.29. The zero-order chi connectivity index (χ0) is 16.8. The summed E-state index contributed by atoms with van der Waals surface area (Å²) in [6.45, 7) is 2.53. The Labute approximate surface area is 148 Å². The first kappa shape index (κ1) is 15.2. The Morgan fingerprint density at radius 3 is 2.84 bits per heavy atom. The van der Waals surface area contributed by atoms with Gasteiger partial charge in [-0.2, -0.15) is 0 Å². The van der Waals surface area contributed by atoms with Crippen LogP contribution in [-0.4, -0.2) is 26.9 Å². The highest BCUT2D eigenvalue weighted by molar-refractivity contribution is 5.82. The Bertz CT molecular complexity index is 778. The molecule has 0 bridgehead atoms. The molecule has 2 aromatic rings. The lowest BCUT2D eigenvalue weighted by Crippen LogP contribution is -2.37. The van der Waals surface area contributed by atoms with Crippen LogP contribution in [0.1, 0.15) is 36.2 Å². The van der Waals surface area contributed by atoms with Gasteiger partial charge in [0.25, 0.3) is 0 Å². The van der Waals surface area contributed by atoms with Crippen molar-refractivity contribution in [2.24, 2.45) is 17.8 Å². The Morgan fingerprint density at radius 2 is 2.04 bits per heavy atom. The summed E-state index contributed by atoms with van der Waals surface area (Å²) in [7, 11) is 0. The molecule has 4 nitrogen and oxygen atoms in total. The fourth-order valence-corrected chi connectivity index (χ4v) is 4.42. The predicted molar refractivity (Wildman–Crippen MR) is 95.8 cm³/mol. The summed E-state index contributed by atoms with van der Waals surface area (Å²) < 4.78 is 2.29. The molecular weight excluding hydrogens is 310 g/mol. The highest BCUT2D eigenvalue weighted by Crippen LogP contribution is 2.55. The van der Waals surface area contributed by atoms with Crippen LogP contribution >= 0.6 is 0 Å². The second-order valence-electron chi connectivity index (χ2n) is 7.92. The fraction of sp³-hybridized carbons (Fsp3) is 0.524. The van der Waals surface area contributed by atoms with E-state index in [-0.39, 0.29) is 0 Å². The van der Waals surface area contributed by atoms with Gasteiger partial charge >= 0.3 is 0 Å². The van der Waals surface area contributed by atoms with Crippen LogP contribution in [0.15, 0.2) is 36.7 Å². The molecule has 1 amide bonds. The molecule has 0 radical (unpaired) electrons. The number of rotatable bonds is 5. The maximum Gasteiger partial charge on any atom is 0.226 e. The summed E-state index contributed by atoms with van der Waals surface area (Å²) in [6, 6.07) is 10.6. The van der Waals surface area contributed by atoms with Crippen LogP contribution in [-0.2, 0) is 30.7 Å². The maximum absolute atomic E-state index is 12.7. The number of benzene rings is 1. The van der Waals surface area contributed by atoms with Crippen molar-refractivity contribution < 1.29 is 4.79 Å². The molecule has 1 aromatic heterocycles. The monoisotopic (exact) mass is 335 g/mol. The molecule has 0 N–H and O–H groups in total. The Morgan fingerprint density at radius 1 is 1.20 bits per heavy atom. The van der Waals surface area contributed by atoms with Crippen LogP contribution in [0.2, 0.25) is 0 Å². The number of fused-ring (bicyclic) bond motifs is 1. The van der Waals surface area contributed by atoms with Crippen molar-refractivity contribution in [3.63, 3.8) is 0 Å². The second kappa shape index (κ2) is 6.01. The Kier molecular flexibility index (Phi) is 3.65. The molecule has 0 unspecified atom stereocenters. The van der Waals surface area contributed by atoms with Crippen LogP contribution in [0.4, 0.5) is 0 Å². The second-order valence-corrected chi connectivity index (χ2v) is 7.92. The normalized spacial score (nSPS) is 24.9. The number of carbonyl (C=O) groups excluding carboxylic acids is 1. The van der Waals surface area contributed by atoms with Gasteiger partial charge in [-0.1, -0.05) is 30.3 Å². The van der Waals surface area contributed by atoms with Crippen molar-refractivity contribution in [3.8, 4) is 0 Å². The molecule has 2 aliphatic carbocycles. The number of aromatic nitrogens is 2. The summed E-state index contributed by atoms with van der Waals surface area (Å²) in [4.78, 5) is 19.4. The van der Waals surface area contributed by atoms with Crippen molar-refractivity contribution in [1.29, 1.82) is 0 Å². The zero-order valence-electron chi connectivity index (χ0n) is 14.6. The van der Waals surface area contributed by atoms with Crippen molar-refractivity contribution in [2.45, 2.75) is 45.2 Å². The van der Waals surface area contributed by atoms with Gasteiger partial charge in [0, 0.05) is 31.1 Å². The number of carbonyl (C=O) groups is 1. The van der Waals surface area contributed by atoms with Crippen LogP contribution in [0.3, 0.4) is 0 Å². The van der Waals surface area contributed by atoms with Crippen molar-refractivity contribution in [2.75, 3.05) is 6.54 Å². The van der Waals surface area contributed by atoms with Gasteiger partial charge in [0.2, 0.25) is 5.91 Å². The summed E-state index contributed by atoms with van der Waals surface area (Å²) in [6.07, 6.45) is 7.77. The van der Waals surface area contributed by atoms with Gasteiger partial charge < -0.3 is 9.47 Å². The lowest BCUT2D eigenvalue weighted by Gasteiger charge is -2.27. The van der Waals surface area contributed by atoms with Gasteiger partial charge in [-0.3, -0.25) is 4.79 Å². The number of hydrogen-bond donors (Lipinski definition) is 0. The maximum atomic E-state index is 12.7. The topological polar surface area (TPSA) is 38.1 Å². The van der Waals surface area contributed by atoms with E-state index in [1.54, 1.807) is 0 Å². The first-order chi connectivity index (χ1) is 12.3. The average molecular weight is 335 g/mol. The highest BCUT2D eigenvalue weighted by Gasteiger charge is 2.52. The third-order valence-electron chi connectivity index (χ3n) is 6.17. The van der Waals surface area contributed by atoms with Gasteiger partial charge in [0.1, 0.15) is 0 Å². The zero-order valence-corrected chi connectivity index (χ0v) is 14.6. The Hall–Kier alpha value is -2.10. The number of nitrogens with zero attached hydrogens (tertiary/aromatic N) is 3. The molecule has 25 heavy (non-hydrogen) atoms. The summed E-state index contributed by atoms with van der Waals surface area (Å²) in [5.41, 5.74) is 3.79. The molecule has 1 aliphatic heterocycles. The molecule has 0 saturated heterocycles. The quantitative estimate of drug-likeness (QED) is 0.842.